The van der Waals surface area contributed by atoms with Gasteiger partial charge in [0.05, 0.1) is 25.3 Å². The van der Waals surface area contributed by atoms with Crippen molar-refractivity contribution < 1.29 is 14.3 Å². The third-order valence-electron chi connectivity index (χ3n) is 3.16. The van der Waals surface area contributed by atoms with Crippen molar-refractivity contribution in [3.63, 3.8) is 0 Å². The van der Waals surface area contributed by atoms with E-state index in [0.29, 0.717) is 13.2 Å². The highest BCUT2D eigenvalue weighted by atomic mass is 16.5. The summed E-state index contributed by atoms with van der Waals surface area (Å²) in [5.41, 5.74) is 6.54. The number of nitrogens with one attached hydrogen (secondary N) is 1. The average molecular weight is 308 g/mol. The summed E-state index contributed by atoms with van der Waals surface area (Å²) in [6.45, 7) is 8.99. The van der Waals surface area contributed by atoms with Crippen molar-refractivity contribution in [3.05, 3.63) is 23.8 Å². The van der Waals surface area contributed by atoms with Gasteiger partial charge < -0.3 is 20.5 Å². The molecular formula is C17H28N2O3. The molecule has 5 nitrogen and oxygen atoms in total. The smallest absolute Gasteiger partial charge is 0.237 e. The van der Waals surface area contributed by atoms with Crippen LogP contribution in [0.5, 0.6) is 11.5 Å². The largest absolute Gasteiger partial charge is 0.490 e. The van der Waals surface area contributed by atoms with Gasteiger partial charge in [0.1, 0.15) is 0 Å². The van der Waals surface area contributed by atoms with Crippen molar-refractivity contribution in [2.24, 2.45) is 5.73 Å². The summed E-state index contributed by atoms with van der Waals surface area (Å²) in [6.07, 6.45) is 1.87. The van der Waals surface area contributed by atoms with Crippen molar-refractivity contribution >= 4 is 5.91 Å². The lowest BCUT2D eigenvalue weighted by Gasteiger charge is -2.18. The Morgan fingerprint density at radius 1 is 1.14 bits per heavy atom. The molecule has 1 aromatic rings. The number of carbonyl (C=O) groups excluding carboxylic acids is 1. The lowest BCUT2D eigenvalue weighted by molar-refractivity contribution is -0.122. The second kappa shape index (κ2) is 9.30. The third kappa shape index (κ3) is 5.56. The first kappa shape index (κ1) is 18.3. The minimum atomic E-state index is -0.523. The molecule has 0 aliphatic carbocycles. The standard InChI is InChI=1S/C17H28N2O3/c1-5-9-21-15-8-7-14(11-16(15)22-10-6-2)13(4)19-17(20)12(3)18/h7-8,11-13H,5-6,9-10,18H2,1-4H3,(H,19,20). The van der Waals surface area contributed by atoms with Crippen molar-refractivity contribution in [2.45, 2.75) is 52.6 Å². The Morgan fingerprint density at radius 3 is 2.27 bits per heavy atom. The van der Waals surface area contributed by atoms with Crippen LogP contribution in [0.3, 0.4) is 0 Å². The minimum absolute atomic E-state index is 0.136. The van der Waals surface area contributed by atoms with Crippen LogP contribution in [0.4, 0.5) is 0 Å². The fourth-order valence-electron chi connectivity index (χ4n) is 1.88. The number of hydrogen-bond acceptors (Lipinski definition) is 4. The summed E-state index contributed by atoms with van der Waals surface area (Å²) < 4.78 is 11.5. The van der Waals surface area contributed by atoms with E-state index in [4.69, 9.17) is 15.2 Å². The molecule has 2 atom stereocenters. The topological polar surface area (TPSA) is 73.6 Å². The third-order valence-corrected chi connectivity index (χ3v) is 3.16. The van der Waals surface area contributed by atoms with Gasteiger partial charge in [-0.3, -0.25) is 4.79 Å². The lowest BCUT2D eigenvalue weighted by Crippen LogP contribution is -2.39. The Kier molecular flexibility index (Phi) is 7.74. The van der Waals surface area contributed by atoms with Gasteiger partial charge in [0, 0.05) is 0 Å². The van der Waals surface area contributed by atoms with Crippen LogP contribution in [-0.4, -0.2) is 25.2 Å². The Morgan fingerprint density at radius 2 is 1.73 bits per heavy atom. The molecule has 0 fully saturated rings. The molecule has 0 aromatic heterocycles. The molecule has 0 radical (unpaired) electrons. The van der Waals surface area contributed by atoms with E-state index in [-0.39, 0.29) is 11.9 Å². The molecule has 0 bridgehead atoms. The number of ether oxygens (including phenoxy) is 2. The van der Waals surface area contributed by atoms with Crippen LogP contribution in [-0.2, 0) is 4.79 Å². The highest BCUT2D eigenvalue weighted by Gasteiger charge is 2.15. The Hall–Kier alpha value is -1.75. The molecule has 1 rings (SSSR count). The molecule has 2 unspecified atom stereocenters. The molecule has 3 N–H and O–H groups in total. The van der Waals surface area contributed by atoms with Crippen LogP contribution in [0.15, 0.2) is 18.2 Å². The van der Waals surface area contributed by atoms with Crippen LogP contribution in [0.1, 0.15) is 52.1 Å². The summed E-state index contributed by atoms with van der Waals surface area (Å²) in [5, 5.41) is 2.88. The summed E-state index contributed by atoms with van der Waals surface area (Å²) in [6, 6.07) is 5.10. The van der Waals surface area contributed by atoms with Gasteiger partial charge in [-0.15, -0.1) is 0 Å². The quantitative estimate of drug-likeness (QED) is 0.735. The van der Waals surface area contributed by atoms with Gasteiger partial charge in [-0.1, -0.05) is 19.9 Å². The van der Waals surface area contributed by atoms with E-state index in [0.717, 1.165) is 29.9 Å². The van der Waals surface area contributed by atoms with Gasteiger partial charge in [0.2, 0.25) is 5.91 Å². The summed E-state index contributed by atoms with van der Waals surface area (Å²) >= 11 is 0. The first-order valence-corrected chi connectivity index (χ1v) is 7.95. The molecule has 22 heavy (non-hydrogen) atoms. The first-order chi connectivity index (χ1) is 10.5. The van der Waals surface area contributed by atoms with Crippen LogP contribution in [0.25, 0.3) is 0 Å². The van der Waals surface area contributed by atoms with Crippen molar-refractivity contribution in [2.75, 3.05) is 13.2 Å². The molecule has 5 heteroatoms. The normalized spacial score (nSPS) is 13.3. The Labute approximate surface area is 133 Å². The zero-order valence-electron chi connectivity index (χ0n) is 14.0. The maximum Gasteiger partial charge on any atom is 0.237 e. The van der Waals surface area contributed by atoms with Crippen LogP contribution in [0.2, 0.25) is 0 Å². The van der Waals surface area contributed by atoms with E-state index in [2.05, 4.69) is 19.2 Å². The fourth-order valence-corrected chi connectivity index (χ4v) is 1.88. The van der Waals surface area contributed by atoms with Gasteiger partial charge >= 0.3 is 0 Å². The molecule has 0 spiro atoms. The van der Waals surface area contributed by atoms with E-state index in [1.165, 1.54) is 0 Å². The van der Waals surface area contributed by atoms with Gasteiger partial charge in [-0.05, 0) is 44.4 Å². The second-order valence-corrected chi connectivity index (χ2v) is 5.42. The zero-order chi connectivity index (χ0) is 16.5. The number of rotatable bonds is 9. The minimum Gasteiger partial charge on any atom is -0.490 e. The number of nitrogens with two attached hydrogens (primary N) is 1. The van der Waals surface area contributed by atoms with E-state index >= 15 is 0 Å². The van der Waals surface area contributed by atoms with E-state index in [9.17, 15) is 4.79 Å². The lowest BCUT2D eigenvalue weighted by atomic mass is 10.1. The maximum atomic E-state index is 11.7. The maximum absolute atomic E-state index is 11.7. The number of hydrogen-bond donors (Lipinski definition) is 2. The second-order valence-electron chi connectivity index (χ2n) is 5.42. The molecule has 1 aromatic carbocycles. The molecule has 1 amide bonds. The van der Waals surface area contributed by atoms with Gasteiger partial charge in [-0.25, -0.2) is 0 Å². The van der Waals surface area contributed by atoms with Crippen LogP contribution in [0, 0.1) is 0 Å². The van der Waals surface area contributed by atoms with Crippen molar-refractivity contribution in [1.29, 1.82) is 0 Å². The predicted molar refractivity (Wildman–Crippen MR) is 88.2 cm³/mol. The number of benzene rings is 1. The number of amides is 1. The van der Waals surface area contributed by atoms with Crippen LogP contribution >= 0.6 is 0 Å². The molecule has 0 saturated heterocycles. The van der Waals surface area contributed by atoms with E-state index in [1.54, 1.807) is 6.92 Å². The predicted octanol–water partition coefficient (Wildman–Crippen LogP) is 2.79. The summed E-state index contributed by atoms with van der Waals surface area (Å²) in [5.74, 6) is 1.29. The average Bonchev–Trinajstić information content (AvgIpc) is 2.50. The van der Waals surface area contributed by atoms with Gasteiger partial charge in [-0.2, -0.15) is 0 Å². The van der Waals surface area contributed by atoms with Crippen molar-refractivity contribution in [1.82, 2.24) is 5.32 Å². The zero-order valence-corrected chi connectivity index (χ0v) is 14.0. The summed E-state index contributed by atoms with van der Waals surface area (Å²) in [4.78, 5) is 11.7. The molecule has 124 valence electrons. The Bertz CT molecular complexity index is 475. The highest BCUT2D eigenvalue weighted by Crippen LogP contribution is 2.31. The highest BCUT2D eigenvalue weighted by molar-refractivity contribution is 5.81. The van der Waals surface area contributed by atoms with E-state index < -0.39 is 6.04 Å². The molecule has 0 aliphatic heterocycles. The number of carbonyl (C=O) groups is 1. The SMILES string of the molecule is CCCOc1ccc(C(C)NC(=O)C(C)N)cc1OCCC. The van der Waals surface area contributed by atoms with Gasteiger partial charge in [0.15, 0.2) is 11.5 Å². The molecule has 0 saturated carbocycles. The van der Waals surface area contributed by atoms with E-state index in [1.807, 2.05) is 25.1 Å². The fraction of sp³-hybridized carbons (Fsp3) is 0.588. The van der Waals surface area contributed by atoms with Gasteiger partial charge in [0.25, 0.3) is 0 Å². The molecule has 0 aliphatic rings. The Balaban J connectivity index is 2.89. The van der Waals surface area contributed by atoms with Crippen molar-refractivity contribution in [3.8, 4) is 11.5 Å². The molecule has 0 heterocycles. The van der Waals surface area contributed by atoms with Crippen LogP contribution < -0.4 is 20.5 Å². The monoisotopic (exact) mass is 308 g/mol. The summed E-state index contributed by atoms with van der Waals surface area (Å²) in [7, 11) is 0. The first-order valence-electron chi connectivity index (χ1n) is 7.95. The molecular weight excluding hydrogens is 280 g/mol.